The van der Waals surface area contributed by atoms with Gasteiger partial charge in [0.2, 0.25) is 0 Å². The summed E-state index contributed by atoms with van der Waals surface area (Å²) in [5.74, 6) is -1.16. The number of rotatable bonds is 2. The lowest BCUT2D eigenvalue weighted by molar-refractivity contribution is 0.0690. The van der Waals surface area contributed by atoms with Crippen molar-refractivity contribution in [3.05, 3.63) is 22.5 Å². The van der Waals surface area contributed by atoms with Crippen LogP contribution in [0.25, 0.3) is 0 Å². The molecule has 0 spiro atoms. The summed E-state index contributed by atoms with van der Waals surface area (Å²) in [7, 11) is 0. The van der Waals surface area contributed by atoms with E-state index in [1.165, 1.54) is 0 Å². The van der Waals surface area contributed by atoms with E-state index in [-0.39, 0.29) is 16.4 Å². The van der Waals surface area contributed by atoms with E-state index in [9.17, 15) is 4.79 Å². The smallest absolute Gasteiger partial charge is 0.356 e. The van der Waals surface area contributed by atoms with Crippen molar-refractivity contribution in [1.29, 1.82) is 0 Å². The van der Waals surface area contributed by atoms with Crippen LogP contribution in [-0.4, -0.2) is 16.1 Å². The number of aromatic nitrogens is 1. The van der Waals surface area contributed by atoms with Gasteiger partial charge in [0.15, 0.2) is 5.69 Å². The van der Waals surface area contributed by atoms with E-state index in [0.29, 0.717) is 12.1 Å². The van der Waals surface area contributed by atoms with Crippen molar-refractivity contribution in [3.63, 3.8) is 0 Å². The minimum atomic E-state index is -1.16. The molecule has 0 radical (unpaired) electrons. The summed E-state index contributed by atoms with van der Waals surface area (Å²) < 4.78 is 0. The van der Waals surface area contributed by atoms with E-state index >= 15 is 0 Å². The van der Waals surface area contributed by atoms with Gasteiger partial charge in [0.25, 0.3) is 0 Å². The van der Waals surface area contributed by atoms with E-state index < -0.39 is 5.97 Å². The average Bonchev–Trinajstić information content (AvgIpc) is 2.09. The number of nitrogens with two attached hydrogens (primary N) is 1. The minimum absolute atomic E-state index is 0.00435. The van der Waals surface area contributed by atoms with Gasteiger partial charge < -0.3 is 10.8 Å². The molecule has 0 unspecified atom stereocenters. The number of halogens is 1. The van der Waals surface area contributed by atoms with Gasteiger partial charge >= 0.3 is 5.97 Å². The Balaban J connectivity index is 3.33. The van der Waals surface area contributed by atoms with E-state index in [2.05, 4.69) is 4.98 Å². The van der Waals surface area contributed by atoms with Gasteiger partial charge in [-0.25, -0.2) is 9.78 Å². The highest BCUT2D eigenvalue weighted by atomic mass is 35.5. The lowest BCUT2D eigenvalue weighted by Crippen LogP contribution is -2.06. The van der Waals surface area contributed by atoms with Crippen LogP contribution < -0.4 is 5.73 Å². The number of pyridine rings is 1. The second-order valence-electron chi connectivity index (χ2n) is 2.52. The van der Waals surface area contributed by atoms with Gasteiger partial charge in [-0.2, -0.15) is 0 Å². The highest BCUT2D eigenvalue weighted by Gasteiger charge is 2.14. The van der Waals surface area contributed by atoms with E-state index in [1.54, 1.807) is 6.07 Å². The molecule has 13 heavy (non-hydrogen) atoms. The predicted octanol–water partition coefficient (Wildman–Crippen LogP) is 1.58. The third-order valence-electron chi connectivity index (χ3n) is 1.60. The van der Waals surface area contributed by atoms with Crippen molar-refractivity contribution >= 4 is 23.3 Å². The molecule has 70 valence electrons. The molecule has 1 heterocycles. The maximum atomic E-state index is 10.6. The number of aryl methyl sites for hydroxylation is 1. The number of hydrogen-bond acceptors (Lipinski definition) is 3. The normalized spacial score (nSPS) is 10.0. The molecule has 4 nitrogen and oxygen atoms in total. The Morgan fingerprint density at radius 1 is 1.77 bits per heavy atom. The summed E-state index contributed by atoms with van der Waals surface area (Å²) in [5.41, 5.74) is 6.20. The molecule has 0 saturated heterocycles. The maximum Gasteiger partial charge on any atom is 0.356 e. The number of carboxylic acids is 1. The third-order valence-corrected chi connectivity index (χ3v) is 2.00. The first-order valence-electron chi connectivity index (χ1n) is 3.74. The van der Waals surface area contributed by atoms with Crippen LogP contribution in [-0.2, 0) is 6.42 Å². The predicted molar refractivity (Wildman–Crippen MR) is 50.0 cm³/mol. The summed E-state index contributed by atoms with van der Waals surface area (Å²) >= 11 is 5.65. The number of hydrogen-bond donors (Lipinski definition) is 2. The van der Waals surface area contributed by atoms with Crippen LogP contribution in [0.2, 0.25) is 5.02 Å². The SMILES string of the molecule is CCc1cc(N)c(Cl)c(C(=O)O)n1. The second-order valence-corrected chi connectivity index (χ2v) is 2.90. The number of nitrogens with zero attached hydrogens (tertiary/aromatic N) is 1. The van der Waals surface area contributed by atoms with Crippen molar-refractivity contribution in [3.8, 4) is 0 Å². The molecule has 1 rings (SSSR count). The van der Waals surface area contributed by atoms with Crippen molar-refractivity contribution in [2.45, 2.75) is 13.3 Å². The first-order chi connectivity index (χ1) is 6.06. The first kappa shape index (κ1) is 9.80. The Morgan fingerprint density at radius 2 is 2.38 bits per heavy atom. The molecule has 5 heteroatoms. The van der Waals surface area contributed by atoms with Crippen molar-refractivity contribution in [1.82, 2.24) is 4.98 Å². The lowest BCUT2D eigenvalue weighted by Gasteiger charge is -2.04. The molecular weight excluding hydrogens is 192 g/mol. The highest BCUT2D eigenvalue weighted by Crippen LogP contribution is 2.22. The van der Waals surface area contributed by atoms with E-state index in [4.69, 9.17) is 22.4 Å². The van der Waals surface area contributed by atoms with Crippen molar-refractivity contribution in [2.75, 3.05) is 5.73 Å². The second kappa shape index (κ2) is 3.62. The molecule has 0 atom stereocenters. The Morgan fingerprint density at radius 3 is 2.85 bits per heavy atom. The molecule has 1 aromatic heterocycles. The zero-order chi connectivity index (χ0) is 10.0. The zero-order valence-electron chi connectivity index (χ0n) is 7.04. The number of anilines is 1. The minimum Gasteiger partial charge on any atom is -0.476 e. The zero-order valence-corrected chi connectivity index (χ0v) is 7.80. The van der Waals surface area contributed by atoms with Crippen LogP contribution in [0.5, 0.6) is 0 Å². The van der Waals surface area contributed by atoms with Gasteiger partial charge in [-0.05, 0) is 12.5 Å². The number of carbonyl (C=O) groups is 1. The fourth-order valence-electron chi connectivity index (χ4n) is 0.927. The van der Waals surface area contributed by atoms with Gasteiger partial charge in [-0.1, -0.05) is 18.5 Å². The molecule has 0 bridgehead atoms. The molecule has 0 amide bonds. The Labute approximate surface area is 80.3 Å². The summed E-state index contributed by atoms with van der Waals surface area (Å²) in [4.78, 5) is 14.5. The molecule has 0 aliphatic carbocycles. The average molecular weight is 201 g/mol. The van der Waals surface area contributed by atoms with E-state index in [1.807, 2.05) is 6.92 Å². The Hall–Kier alpha value is -1.29. The largest absolute Gasteiger partial charge is 0.476 e. The molecule has 0 aromatic carbocycles. The fourth-order valence-corrected chi connectivity index (χ4v) is 1.11. The van der Waals surface area contributed by atoms with Crippen LogP contribution in [0.15, 0.2) is 6.07 Å². The first-order valence-corrected chi connectivity index (χ1v) is 4.12. The quantitative estimate of drug-likeness (QED) is 0.760. The lowest BCUT2D eigenvalue weighted by atomic mass is 10.2. The van der Waals surface area contributed by atoms with Gasteiger partial charge in [0.05, 0.1) is 10.7 Å². The summed E-state index contributed by atoms with van der Waals surface area (Å²) in [6, 6.07) is 1.58. The summed E-state index contributed by atoms with van der Waals surface area (Å²) in [6.07, 6.45) is 0.627. The van der Waals surface area contributed by atoms with Crippen LogP contribution in [0, 0.1) is 0 Å². The Kier molecular flexibility index (Phi) is 2.72. The molecule has 0 aliphatic rings. The van der Waals surface area contributed by atoms with Gasteiger partial charge in [-0.15, -0.1) is 0 Å². The maximum absolute atomic E-state index is 10.6. The Bertz CT molecular complexity index is 352. The monoisotopic (exact) mass is 200 g/mol. The highest BCUT2D eigenvalue weighted by molar-refractivity contribution is 6.35. The molecule has 0 saturated carbocycles. The summed E-state index contributed by atoms with van der Waals surface area (Å²) in [6.45, 7) is 1.86. The molecule has 0 fully saturated rings. The standard InChI is InChI=1S/C8H9ClN2O2/c1-2-4-3-5(10)6(9)7(11-4)8(12)13/h3H,2H2,1H3,(H2,10,11)(H,12,13). The van der Waals surface area contributed by atoms with Crippen LogP contribution in [0.1, 0.15) is 23.1 Å². The number of aromatic carboxylic acids is 1. The number of nitrogen functional groups attached to an aromatic ring is 1. The molecular formula is C8H9ClN2O2. The molecule has 0 aliphatic heterocycles. The van der Waals surface area contributed by atoms with Crippen LogP contribution in [0.4, 0.5) is 5.69 Å². The van der Waals surface area contributed by atoms with Gasteiger partial charge in [-0.3, -0.25) is 0 Å². The van der Waals surface area contributed by atoms with E-state index in [0.717, 1.165) is 0 Å². The number of carboxylic acid groups (broad SMARTS) is 1. The summed E-state index contributed by atoms with van der Waals surface area (Å²) in [5, 5.41) is 8.71. The van der Waals surface area contributed by atoms with Gasteiger partial charge in [0, 0.05) is 5.69 Å². The third kappa shape index (κ3) is 1.89. The molecule has 3 N–H and O–H groups in total. The van der Waals surface area contributed by atoms with Gasteiger partial charge in [0.1, 0.15) is 0 Å². The van der Waals surface area contributed by atoms with Crippen molar-refractivity contribution in [2.24, 2.45) is 0 Å². The van der Waals surface area contributed by atoms with Crippen molar-refractivity contribution < 1.29 is 9.90 Å². The van der Waals surface area contributed by atoms with Crippen LogP contribution >= 0.6 is 11.6 Å². The fraction of sp³-hybridized carbons (Fsp3) is 0.250. The van der Waals surface area contributed by atoms with Crippen LogP contribution in [0.3, 0.4) is 0 Å². The topological polar surface area (TPSA) is 76.2 Å². The molecule has 1 aromatic rings.